The van der Waals surface area contributed by atoms with Gasteiger partial charge in [0, 0.05) is 12.1 Å². The van der Waals surface area contributed by atoms with Gasteiger partial charge in [-0.15, -0.1) is 11.8 Å². The summed E-state index contributed by atoms with van der Waals surface area (Å²) in [6, 6.07) is 21.9. The SMILES string of the molecule is Cc1cc(C)c([C@H](C)NC(=O)c2ccc([C@H]3SCC(=O)N3Cc3ccccc3)cc2)cc1C. The molecule has 1 heterocycles. The van der Waals surface area contributed by atoms with Crippen molar-refractivity contribution >= 4 is 23.6 Å². The molecule has 1 fully saturated rings. The molecule has 1 aliphatic heterocycles. The van der Waals surface area contributed by atoms with Crippen molar-refractivity contribution in [3.63, 3.8) is 0 Å². The molecule has 5 heteroatoms. The predicted octanol–water partition coefficient (Wildman–Crippen LogP) is 5.88. The molecule has 2 amide bonds. The number of nitrogens with one attached hydrogen (secondary N) is 1. The number of carbonyl (C=O) groups is 2. The summed E-state index contributed by atoms with van der Waals surface area (Å²) < 4.78 is 0. The molecule has 0 aromatic heterocycles. The highest BCUT2D eigenvalue weighted by Gasteiger charge is 2.32. The number of carbonyl (C=O) groups excluding carboxylic acids is 2. The molecule has 0 bridgehead atoms. The van der Waals surface area contributed by atoms with Crippen molar-refractivity contribution in [1.29, 1.82) is 0 Å². The fourth-order valence-electron chi connectivity index (χ4n) is 4.29. The van der Waals surface area contributed by atoms with Crippen molar-refractivity contribution in [1.82, 2.24) is 10.2 Å². The number of nitrogens with zero attached hydrogens (tertiary/aromatic N) is 1. The van der Waals surface area contributed by atoms with E-state index in [4.69, 9.17) is 0 Å². The molecule has 0 spiro atoms. The van der Waals surface area contributed by atoms with E-state index in [-0.39, 0.29) is 23.2 Å². The second kappa shape index (κ2) is 9.84. The Morgan fingerprint density at radius 2 is 1.67 bits per heavy atom. The Morgan fingerprint density at radius 1 is 1.00 bits per heavy atom. The molecular formula is C28H30N2O2S. The van der Waals surface area contributed by atoms with Crippen LogP contribution in [-0.4, -0.2) is 22.5 Å². The molecule has 0 radical (unpaired) electrons. The number of rotatable bonds is 6. The summed E-state index contributed by atoms with van der Waals surface area (Å²) in [5.41, 5.74) is 7.58. The van der Waals surface area contributed by atoms with Crippen LogP contribution in [0.2, 0.25) is 0 Å². The largest absolute Gasteiger partial charge is 0.346 e. The summed E-state index contributed by atoms with van der Waals surface area (Å²) in [5.74, 6) is 0.531. The van der Waals surface area contributed by atoms with Gasteiger partial charge in [-0.1, -0.05) is 54.6 Å². The first kappa shape index (κ1) is 23.1. The molecule has 3 aromatic carbocycles. The molecule has 2 atom stereocenters. The van der Waals surface area contributed by atoms with Gasteiger partial charge < -0.3 is 10.2 Å². The van der Waals surface area contributed by atoms with Crippen molar-refractivity contribution in [3.05, 3.63) is 106 Å². The summed E-state index contributed by atoms with van der Waals surface area (Å²) in [6.45, 7) is 8.89. The van der Waals surface area contributed by atoms with E-state index in [2.05, 4.69) is 38.2 Å². The molecule has 3 aromatic rings. The van der Waals surface area contributed by atoms with E-state index in [0.717, 1.165) is 16.7 Å². The fraction of sp³-hybridized carbons (Fsp3) is 0.286. The van der Waals surface area contributed by atoms with Crippen LogP contribution in [0.3, 0.4) is 0 Å². The maximum absolute atomic E-state index is 12.9. The smallest absolute Gasteiger partial charge is 0.251 e. The van der Waals surface area contributed by atoms with E-state index in [0.29, 0.717) is 17.9 Å². The van der Waals surface area contributed by atoms with Crippen LogP contribution in [-0.2, 0) is 11.3 Å². The topological polar surface area (TPSA) is 49.4 Å². The van der Waals surface area contributed by atoms with Crippen LogP contribution in [0.4, 0.5) is 0 Å². The lowest BCUT2D eigenvalue weighted by atomic mass is 9.96. The fourth-order valence-corrected chi connectivity index (χ4v) is 5.48. The third-order valence-corrected chi connectivity index (χ3v) is 7.57. The molecule has 1 N–H and O–H groups in total. The van der Waals surface area contributed by atoms with Crippen LogP contribution in [0, 0.1) is 20.8 Å². The third-order valence-electron chi connectivity index (χ3n) is 6.32. The minimum Gasteiger partial charge on any atom is -0.346 e. The molecule has 0 unspecified atom stereocenters. The Kier molecular flexibility index (Phi) is 6.89. The average molecular weight is 459 g/mol. The maximum Gasteiger partial charge on any atom is 0.251 e. The Bertz CT molecular complexity index is 1160. The zero-order valence-corrected chi connectivity index (χ0v) is 20.4. The minimum atomic E-state index is -0.0945. The van der Waals surface area contributed by atoms with E-state index < -0.39 is 0 Å². The van der Waals surface area contributed by atoms with Gasteiger partial charge in [0.25, 0.3) is 5.91 Å². The van der Waals surface area contributed by atoms with Gasteiger partial charge in [-0.3, -0.25) is 9.59 Å². The van der Waals surface area contributed by atoms with Gasteiger partial charge in [-0.2, -0.15) is 0 Å². The zero-order valence-electron chi connectivity index (χ0n) is 19.6. The zero-order chi connectivity index (χ0) is 23.5. The highest BCUT2D eigenvalue weighted by Crippen LogP contribution is 2.39. The van der Waals surface area contributed by atoms with Gasteiger partial charge in [0.2, 0.25) is 5.91 Å². The standard InChI is InChI=1S/C28H30N2O2S/c1-18-14-20(3)25(15-19(18)2)21(4)29-27(32)23-10-12-24(13-11-23)28-30(26(31)17-33-28)16-22-8-6-5-7-9-22/h5-15,21,28H,16-17H2,1-4H3,(H,29,32)/t21-,28+/m0/s1. The van der Waals surface area contributed by atoms with Crippen LogP contribution in [0.15, 0.2) is 66.7 Å². The van der Waals surface area contributed by atoms with E-state index >= 15 is 0 Å². The first-order valence-electron chi connectivity index (χ1n) is 11.3. The lowest BCUT2D eigenvalue weighted by Gasteiger charge is -2.24. The quantitative estimate of drug-likeness (QED) is 0.502. The van der Waals surface area contributed by atoms with Gasteiger partial charge in [-0.05, 0) is 73.2 Å². The molecular weight excluding hydrogens is 428 g/mol. The van der Waals surface area contributed by atoms with E-state index in [9.17, 15) is 9.59 Å². The predicted molar refractivity (Wildman–Crippen MR) is 135 cm³/mol. The van der Waals surface area contributed by atoms with Gasteiger partial charge in [0.1, 0.15) is 5.37 Å². The molecule has 4 nitrogen and oxygen atoms in total. The summed E-state index contributed by atoms with van der Waals surface area (Å²) >= 11 is 1.63. The van der Waals surface area contributed by atoms with E-state index in [1.807, 2.05) is 66.4 Å². The molecule has 170 valence electrons. The maximum atomic E-state index is 12.9. The first-order chi connectivity index (χ1) is 15.8. The van der Waals surface area contributed by atoms with Crippen LogP contribution in [0.25, 0.3) is 0 Å². The van der Waals surface area contributed by atoms with Gasteiger partial charge in [-0.25, -0.2) is 0 Å². The monoisotopic (exact) mass is 458 g/mol. The average Bonchev–Trinajstić information content (AvgIpc) is 3.17. The number of hydrogen-bond acceptors (Lipinski definition) is 3. The number of amides is 2. The van der Waals surface area contributed by atoms with Crippen LogP contribution in [0.5, 0.6) is 0 Å². The van der Waals surface area contributed by atoms with E-state index in [1.165, 1.54) is 16.7 Å². The Morgan fingerprint density at radius 3 is 2.36 bits per heavy atom. The molecule has 0 aliphatic carbocycles. The number of hydrogen-bond donors (Lipinski definition) is 1. The van der Waals surface area contributed by atoms with Crippen molar-refractivity contribution in [3.8, 4) is 0 Å². The second-order valence-electron chi connectivity index (χ2n) is 8.78. The Balaban J connectivity index is 1.46. The number of aryl methyl sites for hydroxylation is 3. The highest BCUT2D eigenvalue weighted by molar-refractivity contribution is 8.00. The number of benzene rings is 3. The van der Waals surface area contributed by atoms with Crippen molar-refractivity contribution in [2.45, 2.75) is 45.7 Å². The van der Waals surface area contributed by atoms with Crippen LogP contribution in [0.1, 0.15) is 62.1 Å². The lowest BCUT2D eigenvalue weighted by molar-refractivity contribution is -0.128. The minimum absolute atomic E-state index is 0.0353. The summed E-state index contributed by atoms with van der Waals surface area (Å²) in [5, 5.41) is 3.09. The molecule has 1 aliphatic rings. The van der Waals surface area contributed by atoms with Gasteiger partial charge >= 0.3 is 0 Å². The van der Waals surface area contributed by atoms with E-state index in [1.54, 1.807) is 11.8 Å². The summed E-state index contributed by atoms with van der Waals surface area (Å²) in [6.07, 6.45) is 0. The highest BCUT2D eigenvalue weighted by atomic mass is 32.2. The van der Waals surface area contributed by atoms with Crippen LogP contribution >= 0.6 is 11.8 Å². The summed E-state index contributed by atoms with van der Waals surface area (Å²) in [7, 11) is 0. The van der Waals surface area contributed by atoms with Crippen molar-refractivity contribution in [2.75, 3.05) is 5.75 Å². The molecule has 4 rings (SSSR count). The Hall–Kier alpha value is -3.05. The Labute approximate surface area is 200 Å². The number of thioether (sulfide) groups is 1. The van der Waals surface area contributed by atoms with Gasteiger partial charge in [0.15, 0.2) is 0 Å². The summed E-state index contributed by atoms with van der Waals surface area (Å²) in [4.78, 5) is 27.3. The normalized spacial score (nSPS) is 16.7. The third kappa shape index (κ3) is 5.14. The molecule has 33 heavy (non-hydrogen) atoms. The van der Waals surface area contributed by atoms with Crippen molar-refractivity contribution < 1.29 is 9.59 Å². The van der Waals surface area contributed by atoms with Crippen molar-refractivity contribution in [2.24, 2.45) is 0 Å². The van der Waals surface area contributed by atoms with Crippen LogP contribution < -0.4 is 5.32 Å². The van der Waals surface area contributed by atoms with Gasteiger partial charge in [0.05, 0.1) is 11.8 Å². The molecule has 1 saturated heterocycles. The first-order valence-corrected chi connectivity index (χ1v) is 12.3. The lowest BCUT2D eigenvalue weighted by Crippen LogP contribution is -2.28. The molecule has 0 saturated carbocycles. The second-order valence-corrected chi connectivity index (χ2v) is 9.85.